The highest BCUT2D eigenvalue weighted by Gasteiger charge is 2.17. The van der Waals surface area contributed by atoms with Crippen LogP contribution in [0.4, 0.5) is 0 Å². The maximum Gasteiger partial charge on any atom is 0.0805 e. The number of rotatable bonds is 7. The van der Waals surface area contributed by atoms with Crippen molar-refractivity contribution in [2.75, 3.05) is 6.61 Å². The SMILES string of the molecule is C[C@@H](N[C@@H](CO)C[C@H](O)c1ccccc1)c1ccccc1. The lowest BCUT2D eigenvalue weighted by Gasteiger charge is -2.24. The van der Waals surface area contributed by atoms with Crippen molar-refractivity contribution >= 4 is 0 Å². The monoisotopic (exact) mass is 285 g/mol. The molecule has 0 aliphatic carbocycles. The summed E-state index contributed by atoms with van der Waals surface area (Å²) in [5, 5.41) is 23.2. The summed E-state index contributed by atoms with van der Waals surface area (Å²) >= 11 is 0. The van der Waals surface area contributed by atoms with Crippen LogP contribution in [0.25, 0.3) is 0 Å². The molecule has 2 rings (SSSR count). The van der Waals surface area contributed by atoms with Crippen molar-refractivity contribution in [2.45, 2.75) is 31.5 Å². The Labute approximate surface area is 126 Å². The van der Waals surface area contributed by atoms with Crippen LogP contribution in [0.15, 0.2) is 60.7 Å². The van der Waals surface area contributed by atoms with Gasteiger partial charge in [0.05, 0.1) is 12.7 Å². The zero-order valence-electron chi connectivity index (χ0n) is 12.3. The van der Waals surface area contributed by atoms with Crippen LogP contribution in [0.3, 0.4) is 0 Å². The quantitative estimate of drug-likeness (QED) is 0.733. The molecule has 0 amide bonds. The highest BCUT2D eigenvalue weighted by Crippen LogP contribution is 2.20. The Kier molecular flexibility index (Phi) is 5.93. The Morgan fingerprint density at radius 2 is 1.43 bits per heavy atom. The molecule has 3 N–H and O–H groups in total. The average Bonchev–Trinajstić information content (AvgIpc) is 2.55. The van der Waals surface area contributed by atoms with Crippen molar-refractivity contribution in [1.82, 2.24) is 5.32 Å². The van der Waals surface area contributed by atoms with Crippen LogP contribution in [0.5, 0.6) is 0 Å². The molecule has 21 heavy (non-hydrogen) atoms. The van der Waals surface area contributed by atoms with Gasteiger partial charge >= 0.3 is 0 Å². The van der Waals surface area contributed by atoms with E-state index < -0.39 is 6.10 Å². The Bertz CT molecular complexity index is 468. The molecular formula is C18H23NO2. The van der Waals surface area contributed by atoms with Crippen LogP contribution in [-0.4, -0.2) is 22.9 Å². The number of benzene rings is 2. The molecule has 0 fully saturated rings. The zero-order valence-corrected chi connectivity index (χ0v) is 12.3. The lowest BCUT2D eigenvalue weighted by molar-refractivity contribution is 0.125. The van der Waals surface area contributed by atoms with E-state index >= 15 is 0 Å². The third kappa shape index (κ3) is 4.67. The van der Waals surface area contributed by atoms with Gasteiger partial charge in [-0.1, -0.05) is 60.7 Å². The first-order valence-electron chi connectivity index (χ1n) is 7.35. The molecule has 0 unspecified atom stereocenters. The minimum absolute atomic E-state index is 0.00106. The van der Waals surface area contributed by atoms with Gasteiger partial charge in [0.2, 0.25) is 0 Å². The largest absolute Gasteiger partial charge is 0.395 e. The van der Waals surface area contributed by atoms with Gasteiger partial charge in [-0.15, -0.1) is 0 Å². The summed E-state index contributed by atoms with van der Waals surface area (Å²) in [6.45, 7) is 2.06. The minimum Gasteiger partial charge on any atom is -0.395 e. The van der Waals surface area contributed by atoms with Crippen molar-refractivity contribution in [3.05, 3.63) is 71.8 Å². The Balaban J connectivity index is 1.94. The van der Waals surface area contributed by atoms with Crippen LogP contribution < -0.4 is 5.32 Å². The van der Waals surface area contributed by atoms with Crippen LogP contribution in [0, 0.1) is 0 Å². The third-order valence-corrected chi connectivity index (χ3v) is 3.70. The second-order valence-corrected chi connectivity index (χ2v) is 5.34. The predicted molar refractivity (Wildman–Crippen MR) is 84.9 cm³/mol. The molecule has 0 bridgehead atoms. The van der Waals surface area contributed by atoms with Gasteiger partial charge < -0.3 is 15.5 Å². The van der Waals surface area contributed by atoms with E-state index in [1.807, 2.05) is 48.5 Å². The second kappa shape index (κ2) is 7.93. The van der Waals surface area contributed by atoms with E-state index in [1.54, 1.807) is 0 Å². The van der Waals surface area contributed by atoms with Gasteiger partial charge in [-0.2, -0.15) is 0 Å². The third-order valence-electron chi connectivity index (χ3n) is 3.70. The highest BCUT2D eigenvalue weighted by atomic mass is 16.3. The van der Waals surface area contributed by atoms with E-state index in [2.05, 4.69) is 24.4 Å². The minimum atomic E-state index is -0.571. The lowest BCUT2D eigenvalue weighted by Crippen LogP contribution is -2.36. The first-order valence-corrected chi connectivity index (χ1v) is 7.35. The summed E-state index contributed by atoms with van der Waals surface area (Å²) in [6.07, 6.45) is -0.0867. The van der Waals surface area contributed by atoms with Gasteiger partial charge in [0, 0.05) is 12.1 Å². The molecule has 0 spiro atoms. The number of aliphatic hydroxyl groups excluding tert-OH is 2. The first kappa shape index (κ1) is 15.7. The number of hydrogen-bond acceptors (Lipinski definition) is 3. The fraction of sp³-hybridized carbons (Fsp3) is 0.333. The Morgan fingerprint density at radius 3 is 1.95 bits per heavy atom. The van der Waals surface area contributed by atoms with Crippen LogP contribution in [0.1, 0.15) is 36.6 Å². The van der Waals surface area contributed by atoms with Crippen molar-refractivity contribution in [3.63, 3.8) is 0 Å². The standard InChI is InChI=1S/C18H23NO2/c1-14(15-8-4-2-5-9-15)19-17(13-20)12-18(21)16-10-6-3-7-11-16/h2-11,14,17-21H,12-13H2,1H3/t14-,17-,18+/m1/s1. The molecule has 0 aromatic heterocycles. The van der Waals surface area contributed by atoms with E-state index in [9.17, 15) is 10.2 Å². The molecule has 3 heteroatoms. The number of nitrogens with one attached hydrogen (secondary N) is 1. The van der Waals surface area contributed by atoms with Crippen LogP contribution in [-0.2, 0) is 0 Å². The molecule has 3 atom stereocenters. The summed E-state index contributed by atoms with van der Waals surface area (Å²) in [5.74, 6) is 0. The molecule has 112 valence electrons. The normalized spacial score (nSPS) is 15.4. The summed E-state index contributed by atoms with van der Waals surface area (Å²) < 4.78 is 0. The number of hydrogen-bond donors (Lipinski definition) is 3. The molecule has 0 heterocycles. The zero-order chi connectivity index (χ0) is 15.1. The van der Waals surface area contributed by atoms with E-state index in [1.165, 1.54) is 5.56 Å². The predicted octanol–water partition coefficient (Wildman–Crippen LogP) is 2.82. The van der Waals surface area contributed by atoms with E-state index in [4.69, 9.17) is 0 Å². The maximum atomic E-state index is 10.3. The summed E-state index contributed by atoms with van der Waals surface area (Å²) in [5.41, 5.74) is 2.05. The van der Waals surface area contributed by atoms with Gasteiger partial charge in [-0.05, 0) is 24.5 Å². The number of aliphatic hydroxyl groups is 2. The Morgan fingerprint density at radius 1 is 0.905 bits per heavy atom. The Hall–Kier alpha value is -1.68. The molecule has 0 aliphatic heterocycles. The van der Waals surface area contributed by atoms with Crippen molar-refractivity contribution < 1.29 is 10.2 Å². The summed E-state index contributed by atoms with van der Waals surface area (Å²) in [7, 11) is 0. The van der Waals surface area contributed by atoms with E-state index in [0.29, 0.717) is 6.42 Å². The smallest absolute Gasteiger partial charge is 0.0805 e. The molecule has 0 aliphatic rings. The molecule has 3 nitrogen and oxygen atoms in total. The second-order valence-electron chi connectivity index (χ2n) is 5.34. The fourth-order valence-electron chi connectivity index (χ4n) is 2.47. The molecule has 0 radical (unpaired) electrons. The topological polar surface area (TPSA) is 52.5 Å². The van der Waals surface area contributed by atoms with Crippen molar-refractivity contribution in [2.24, 2.45) is 0 Å². The maximum absolute atomic E-state index is 10.3. The van der Waals surface area contributed by atoms with E-state index in [0.717, 1.165) is 5.56 Å². The molecule has 2 aromatic rings. The molecule has 0 saturated carbocycles. The average molecular weight is 285 g/mol. The lowest BCUT2D eigenvalue weighted by atomic mass is 10.0. The summed E-state index contributed by atoms with van der Waals surface area (Å²) in [6, 6.07) is 19.6. The van der Waals surface area contributed by atoms with Crippen LogP contribution >= 0.6 is 0 Å². The van der Waals surface area contributed by atoms with Crippen LogP contribution in [0.2, 0.25) is 0 Å². The molecule has 2 aromatic carbocycles. The van der Waals surface area contributed by atoms with Gasteiger partial charge in [0.15, 0.2) is 0 Å². The van der Waals surface area contributed by atoms with Gasteiger partial charge in [0.1, 0.15) is 0 Å². The first-order chi connectivity index (χ1) is 10.2. The molecule has 0 saturated heterocycles. The van der Waals surface area contributed by atoms with Gasteiger partial charge in [0.25, 0.3) is 0 Å². The van der Waals surface area contributed by atoms with Gasteiger partial charge in [-0.25, -0.2) is 0 Å². The van der Waals surface area contributed by atoms with Gasteiger partial charge in [-0.3, -0.25) is 0 Å². The van der Waals surface area contributed by atoms with E-state index in [-0.39, 0.29) is 18.7 Å². The van der Waals surface area contributed by atoms with Crippen molar-refractivity contribution in [3.8, 4) is 0 Å². The van der Waals surface area contributed by atoms with Crippen molar-refractivity contribution in [1.29, 1.82) is 0 Å². The summed E-state index contributed by atoms with van der Waals surface area (Å²) in [4.78, 5) is 0. The highest BCUT2D eigenvalue weighted by molar-refractivity contribution is 5.19. The molecular weight excluding hydrogens is 262 g/mol. The fourth-order valence-corrected chi connectivity index (χ4v) is 2.47.